The van der Waals surface area contributed by atoms with E-state index in [1.165, 1.54) is 6.07 Å². The van der Waals surface area contributed by atoms with Crippen molar-refractivity contribution in [2.45, 2.75) is 20.3 Å². The van der Waals surface area contributed by atoms with Crippen LogP contribution in [-0.4, -0.2) is 60.9 Å². The molecule has 6 heteroatoms. The zero-order valence-electron chi connectivity index (χ0n) is 13.8. The topological polar surface area (TPSA) is 52.7 Å². The first-order valence-corrected chi connectivity index (χ1v) is 8.05. The van der Waals surface area contributed by atoms with E-state index in [0.717, 1.165) is 12.0 Å². The summed E-state index contributed by atoms with van der Waals surface area (Å²) in [5, 5.41) is 2.85. The number of hydrogen-bond donors (Lipinski definition) is 1. The zero-order valence-corrected chi connectivity index (χ0v) is 13.8. The van der Waals surface area contributed by atoms with Crippen molar-refractivity contribution in [3.63, 3.8) is 0 Å². The molecular formula is C17H24FN3O2. The second-order valence-corrected chi connectivity index (χ2v) is 5.90. The number of ketones is 1. The van der Waals surface area contributed by atoms with Crippen molar-refractivity contribution >= 4 is 11.8 Å². The number of hydrogen-bond acceptors (Lipinski definition) is 3. The van der Waals surface area contributed by atoms with E-state index in [-0.39, 0.29) is 23.9 Å². The number of carbonyl (C=O) groups excluding carboxylic acids is 2. The molecule has 0 bridgehead atoms. The van der Waals surface area contributed by atoms with E-state index in [9.17, 15) is 14.0 Å². The lowest BCUT2D eigenvalue weighted by Crippen LogP contribution is -2.52. The average Bonchev–Trinajstić information content (AvgIpc) is 2.55. The van der Waals surface area contributed by atoms with Gasteiger partial charge in [-0.1, -0.05) is 18.6 Å². The number of nitrogens with zero attached hydrogens (tertiary/aromatic N) is 2. The lowest BCUT2D eigenvalue weighted by Gasteiger charge is -2.34. The first-order chi connectivity index (χ1) is 11.0. The number of amides is 2. The molecule has 1 fully saturated rings. The minimum Gasteiger partial charge on any atom is -0.338 e. The van der Waals surface area contributed by atoms with Crippen molar-refractivity contribution in [1.29, 1.82) is 0 Å². The van der Waals surface area contributed by atoms with Crippen LogP contribution in [0, 0.1) is 12.7 Å². The molecule has 2 rings (SSSR count). The Morgan fingerprint density at radius 1 is 1.22 bits per heavy atom. The monoisotopic (exact) mass is 321 g/mol. The first-order valence-electron chi connectivity index (χ1n) is 8.05. The third kappa shape index (κ3) is 4.76. The van der Waals surface area contributed by atoms with Crippen LogP contribution in [0.1, 0.15) is 29.3 Å². The van der Waals surface area contributed by atoms with Crippen molar-refractivity contribution in [2.75, 3.05) is 39.3 Å². The van der Waals surface area contributed by atoms with E-state index in [4.69, 9.17) is 0 Å². The number of carbonyl (C=O) groups is 2. The Kier molecular flexibility index (Phi) is 6.10. The fourth-order valence-corrected chi connectivity index (χ4v) is 2.59. The smallest absolute Gasteiger partial charge is 0.317 e. The molecule has 0 atom stereocenters. The van der Waals surface area contributed by atoms with Crippen LogP contribution in [0.15, 0.2) is 18.2 Å². The van der Waals surface area contributed by atoms with Gasteiger partial charge >= 0.3 is 6.03 Å². The van der Waals surface area contributed by atoms with Crippen LogP contribution in [0.4, 0.5) is 9.18 Å². The van der Waals surface area contributed by atoms with Gasteiger partial charge in [-0.15, -0.1) is 0 Å². The van der Waals surface area contributed by atoms with Crippen LogP contribution in [0.5, 0.6) is 0 Å². The molecule has 1 aliphatic rings. The fraction of sp³-hybridized carbons (Fsp3) is 0.529. The van der Waals surface area contributed by atoms with Crippen LogP contribution in [0.25, 0.3) is 0 Å². The Hall–Kier alpha value is -1.95. The molecule has 1 aromatic rings. The molecule has 1 saturated heterocycles. The van der Waals surface area contributed by atoms with Gasteiger partial charge in [0.1, 0.15) is 5.82 Å². The molecular weight excluding hydrogens is 297 g/mol. The summed E-state index contributed by atoms with van der Waals surface area (Å²) in [7, 11) is 0. The number of rotatable bonds is 5. The summed E-state index contributed by atoms with van der Waals surface area (Å²) in [5.41, 5.74) is 1.01. The summed E-state index contributed by atoms with van der Waals surface area (Å²) < 4.78 is 13.8. The maximum atomic E-state index is 13.8. The Labute approximate surface area is 136 Å². The van der Waals surface area contributed by atoms with E-state index in [1.54, 1.807) is 17.0 Å². The second-order valence-electron chi connectivity index (χ2n) is 5.90. The van der Waals surface area contributed by atoms with E-state index in [1.807, 2.05) is 18.7 Å². The number of urea groups is 1. The van der Waals surface area contributed by atoms with E-state index in [0.29, 0.717) is 32.7 Å². The largest absolute Gasteiger partial charge is 0.338 e. The molecule has 2 amide bonds. The van der Waals surface area contributed by atoms with Gasteiger partial charge in [-0.2, -0.15) is 0 Å². The van der Waals surface area contributed by atoms with Gasteiger partial charge in [0.15, 0.2) is 5.78 Å². The summed E-state index contributed by atoms with van der Waals surface area (Å²) in [6.45, 7) is 7.11. The molecule has 0 spiro atoms. The van der Waals surface area contributed by atoms with Crippen LogP contribution >= 0.6 is 0 Å². The van der Waals surface area contributed by atoms with Gasteiger partial charge in [-0.25, -0.2) is 9.18 Å². The molecule has 1 heterocycles. The highest BCUT2D eigenvalue weighted by Crippen LogP contribution is 2.12. The van der Waals surface area contributed by atoms with Gasteiger partial charge in [0.05, 0.1) is 12.1 Å². The maximum Gasteiger partial charge on any atom is 0.317 e. The maximum absolute atomic E-state index is 13.8. The van der Waals surface area contributed by atoms with Gasteiger partial charge in [0.25, 0.3) is 0 Å². The Morgan fingerprint density at radius 3 is 2.57 bits per heavy atom. The molecule has 0 unspecified atom stereocenters. The quantitative estimate of drug-likeness (QED) is 0.845. The van der Waals surface area contributed by atoms with Crippen molar-refractivity contribution in [2.24, 2.45) is 0 Å². The van der Waals surface area contributed by atoms with Crippen molar-refractivity contribution in [3.8, 4) is 0 Å². The molecule has 0 aromatic heterocycles. The molecule has 0 saturated carbocycles. The van der Waals surface area contributed by atoms with Crippen molar-refractivity contribution in [1.82, 2.24) is 15.1 Å². The number of piperazine rings is 1. The van der Waals surface area contributed by atoms with Crippen LogP contribution < -0.4 is 5.32 Å². The molecule has 5 nitrogen and oxygen atoms in total. The normalized spacial score (nSPS) is 15.5. The molecule has 1 N–H and O–H groups in total. The minimum absolute atomic E-state index is 0.0532. The Morgan fingerprint density at radius 2 is 1.91 bits per heavy atom. The van der Waals surface area contributed by atoms with E-state index in [2.05, 4.69) is 5.32 Å². The van der Waals surface area contributed by atoms with Crippen molar-refractivity contribution in [3.05, 3.63) is 35.1 Å². The minimum atomic E-state index is -0.474. The van der Waals surface area contributed by atoms with Gasteiger partial charge in [0.2, 0.25) is 0 Å². The van der Waals surface area contributed by atoms with Gasteiger partial charge in [-0.3, -0.25) is 9.69 Å². The highest BCUT2D eigenvalue weighted by Gasteiger charge is 2.23. The molecule has 0 aliphatic carbocycles. The summed E-state index contributed by atoms with van der Waals surface area (Å²) in [6, 6.07) is 4.52. The van der Waals surface area contributed by atoms with Gasteiger partial charge in [-0.05, 0) is 25.5 Å². The molecule has 1 aliphatic heterocycles. The van der Waals surface area contributed by atoms with E-state index >= 15 is 0 Å². The molecule has 126 valence electrons. The molecule has 23 heavy (non-hydrogen) atoms. The first kappa shape index (κ1) is 17.4. The van der Waals surface area contributed by atoms with Crippen LogP contribution in [0.2, 0.25) is 0 Å². The zero-order chi connectivity index (χ0) is 16.8. The van der Waals surface area contributed by atoms with Gasteiger partial charge < -0.3 is 10.2 Å². The number of Topliss-reactive ketones (excluding diaryl/α,β-unsaturated/α-hetero) is 1. The van der Waals surface area contributed by atoms with Crippen molar-refractivity contribution < 1.29 is 14.0 Å². The third-order valence-electron chi connectivity index (χ3n) is 3.98. The predicted molar refractivity (Wildman–Crippen MR) is 87.2 cm³/mol. The summed E-state index contributed by atoms with van der Waals surface area (Å²) in [6.07, 6.45) is 0.905. The highest BCUT2D eigenvalue weighted by molar-refractivity contribution is 5.98. The Balaban J connectivity index is 1.85. The van der Waals surface area contributed by atoms with Crippen LogP contribution in [0.3, 0.4) is 0 Å². The lowest BCUT2D eigenvalue weighted by atomic mass is 10.1. The summed E-state index contributed by atoms with van der Waals surface area (Å²) >= 11 is 0. The fourth-order valence-electron chi connectivity index (χ4n) is 2.59. The number of benzene rings is 1. The number of nitrogens with one attached hydrogen (secondary N) is 1. The SMILES string of the molecule is CCCNC(=O)N1CCN(CC(=O)c2cc(C)ccc2F)CC1. The highest BCUT2D eigenvalue weighted by atomic mass is 19.1. The second kappa shape index (κ2) is 8.06. The standard InChI is InChI=1S/C17H24FN3O2/c1-3-6-19-17(23)21-9-7-20(8-10-21)12-16(22)14-11-13(2)4-5-15(14)18/h4-5,11H,3,6-10,12H2,1-2H3,(H,19,23). The summed E-state index contributed by atoms with van der Waals surface area (Å²) in [5.74, 6) is -0.687. The third-order valence-corrected chi connectivity index (χ3v) is 3.98. The number of aryl methyl sites for hydroxylation is 1. The number of halogens is 1. The Bertz CT molecular complexity index is 569. The molecule has 1 aromatic carbocycles. The predicted octanol–water partition coefficient (Wildman–Crippen LogP) is 2.05. The average molecular weight is 321 g/mol. The lowest BCUT2D eigenvalue weighted by molar-refractivity contribution is 0.0874. The van der Waals surface area contributed by atoms with Gasteiger partial charge in [0, 0.05) is 32.7 Å². The van der Waals surface area contributed by atoms with E-state index < -0.39 is 5.82 Å². The molecule has 0 radical (unpaired) electrons. The summed E-state index contributed by atoms with van der Waals surface area (Å²) in [4.78, 5) is 27.9. The van der Waals surface area contributed by atoms with Crippen LogP contribution in [-0.2, 0) is 0 Å².